The predicted octanol–water partition coefficient (Wildman–Crippen LogP) is 1.12. The van der Waals surface area contributed by atoms with Crippen LogP contribution in [0.15, 0.2) is 23.1 Å². The molecule has 0 saturated heterocycles. The lowest BCUT2D eigenvalue weighted by Gasteiger charge is -2.07. The third-order valence-electron chi connectivity index (χ3n) is 2.61. The monoisotopic (exact) mass is 298 g/mol. The van der Waals surface area contributed by atoms with E-state index in [4.69, 9.17) is 9.47 Å². The van der Waals surface area contributed by atoms with Crippen molar-refractivity contribution in [2.45, 2.75) is 26.3 Å². The highest BCUT2D eigenvalue weighted by atomic mass is 16.6. The lowest BCUT2D eigenvalue weighted by molar-refractivity contribution is -0.385. The molecular formula is C13H18N2O6. The number of carbonyl (C=O) groups is 1. The van der Waals surface area contributed by atoms with Gasteiger partial charge in [-0.15, -0.1) is 0 Å². The predicted molar refractivity (Wildman–Crippen MR) is 74.0 cm³/mol. The average molecular weight is 298 g/mol. The molecular weight excluding hydrogens is 280 g/mol. The van der Waals surface area contributed by atoms with Crippen LogP contribution in [0, 0.1) is 10.1 Å². The van der Waals surface area contributed by atoms with E-state index in [-0.39, 0.29) is 25.4 Å². The standard InChI is InChI=1S/C13H18N2O6/c1-2-3-6-20-7-8-21-13(17)10-14-9-11(15(18)19)4-5-12(14)16/h4-5,9H,2-3,6-8,10H2,1H3. The zero-order valence-electron chi connectivity index (χ0n) is 11.8. The minimum atomic E-state index is -0.642. The van der Waals surface area contributed by atoms with Gasteiger partial charge in [0.05, 0.1) is 17.7 Å². The molecule has 0 fully saturated rings. The molecule has 0 aromatic carbocycles. The van der Waals surface area contributed by atoms with Gasteiger partial charge in [0.25, 0.3) is 11.2 Å². The maximum absolute atomic E-state index is 11.5. The number of esters is 1. The summed E-state index contributed by atoms with van der Waals surface area (Å²) in [6.45, 7) is 2.66. The molecule has 21 heavy (non-hydrogen) atoms. The Bertz CT molecular complexity index is 540. The molecule has 0 unspecified atom stereocenters. The van der Waals surface area contributed by atoms with Crippen LogP contribution in [0.5, 0.6) is 0 Å². The number of aromatic nitrogens is 1. The minimum Gasteiger partial charge on any atom is -0.462 e. The van der Waals surface area contributed by atoms with Gasteiger partial charge in [0.2, 0.25) is 0 Å². The maximum Gasteiger partial charge on any atom is 0.326 e. The number of unbranched alkanes of at least 4 members (excludes halogenated alkanes) is 1. The van der Waals surface area contributed by atoms with Crippen LogP contribution in [0.2, 0.25) is 0 Å². The molecule has 116 valence electrons. The van der Waals surface area contributed by atoms with Crippen molar-refractivity contribution < 1.29 is 19.2 Å². The summed E-state index contributed by atoms with van der Waals surface area (Å²) in [5.74, 6) is -0.642. The number of rotatable bonds is 9. The Hall–Kier alpha value is -2.22. The lowest BCUT2D eigenvalue weighted by atomic mass is 10.4. The molecule has 1 heterocycles. The van der Waals surface area contributed by atoms with Gasteiger partial charge in [0.15, 0.2) is 0 Å². The summed E-state index contributed by atoms with van der Waals surface area (Å²) >= 11 is 0. The quantitative estimate of drug-likeness (QED) is 0.293. The average Bonchev–Trinajstić information content (AvgIpc) is 2.44. The Labute approximate surface area is 121 Å². The SMILES string of the molecule is CCCCOCCOC(=O)Cn1cc([N+](=O)[O-])ccc1=O. The van der Waals surface area contributed by atoms with Crippen molar-refractivity contribution in [3.8, 4) is 0 Å². The van der Waals surface area contributed by atoms with Crippen LogP contribution in [-0.2, 0) is 20.8 Å². The fourth-order valence-electron chi connectivity index (χ4n) is 1.50. The van der Waals surface area contributed by atoms with E-state index < -0.39 is 16.5 Å². The van der Waals surface area contributed by atoms with Gasteiger partial charge >= 0.3 is 5.97 Å². The van der Waals surface area contributed by atoms with Gasteiger partial charge in [-0.1, -0.05) is 13.3 Å². The van der Waals surface area contributed by atoms with Gasteiger partial charge in [-0.2, -0.15) is 0 Å². The highest BCUT2D eigenvalue weighted by Gasteiger charge is 2.11. The molecule has 0 aliphatic carbocycles. The summed E-state index contributed by atoms with van der Waals surface area (Å²) < 4.78 is 11.0. The van der Waals surface area contributed by atoms with Crippen molar-refractivity contribution in [3.63, 3.8) is 0 Å². The first-order chi connectivity index (χ1) is 10.0. The fourth-order valence-corrected chi connectivity index (χ4v) is 1.50. The highest BCUT2D eigenvalue weighted by molar-refractivity contribution is 5.69. The molecule has 0 bridgehead atoms. The van der Waals surface area contributed by atoms with E-state index in [1.165, 1.54) is 0 Å². The Balaban J connectivity index is 2.42. The first-order valence-electron chi connectivity index (χ1n) is 6.63. The molecule has 8 heteroatoms. The molecule has 1 rings (SSSR count). The highest BCUT2D eigenvalue weighted by Crippen LogP contribution is 2.06. The van der Waals surface area contributed by atoms with Crippen molar-refractivity contribution in [2.75, 3.05) is 19.8 Å². The van der Waals surface area contributed by atoms with E-state index in [9.17, 15) is 19.7 Å². The zero-order chi connectivity index (χ0) is 15.7. The summed E-state index contributed by atoms with van der Waals surface area (Å²) in [6, 6.07) is 2.13. The van der Waals surface area contributed by atoms with Crippen LogP contribution in [0.3, 0.4) is 0 Å². The van der Waals surface area contributed by atoms with Crippen molar-refractivity contribution >= 4 is 11.7 Å². The molecule has 1 aromatic rings. The Morgan fingerprint density at radius 2 is 2.10 bits per heavy atom. The topological polar surface area (TPSA) is 101 Å². The Kier molecular flexibility index (Phi) is 7.10. The van der Waals surface area contributed by atoms with Crippen molar-refractivity contribution in [2.24, 2.45) is 0 Å². The second-order valence-corrected chi connectivity index (χ2v) is 4.30. The van der Waals surface area contributed by atoms with Gasteiger partial charge in [0, 0.05) is 18.7 Å². The first kappa shape index (κ1) is 16.8. The first-order valence-corrected chi connectivity index (χ1v) is 6.63. The number of ether oxygens (including phenoxy) is 2. The molecule has 0 aliphatic heterocycles. The number of hydrogen-bond acceptors (Lipinski definition) is 6. The second-order valence-electron chi connectivity index (χ2n) is 4.30. The van der Waals surface area contributed by atoms with Gasteiger partial charge in [-0.05, 0) is 6.42 Å². The van der Waals surface area contributed by atoms with E-state index in [0.29, 0.717) is 6.61 Å². The summed E-state index contributed by atoms with van der Waals surface area (Å²) in [4.78, 5) is 33.0. The van der Waals surface area contributed by atoms with Gasteiger partial charge in [-0.25, -0.2) is 0 Å². The largest absolute Gasteiger partial charge is 0.462 e. The summed E-state index contributed by atoms with van der Waals surface area (Å²) in [7, 11) is 0. The lowest BCUT2D eigenvalue weighted by Crippen LogP contribution is -2.25. The number of hydrogen-bond donors (Lipinski definition) is 0. The van der Waals surface area contributed by atoms with Gasteiger partial charge in [0.1, 0.15) is 13.2 Å². The normalized spacial score (nSPS) is 10.3. The maximum atomic E-state index is 11.5. The molecule has 0 amide bonds. The zero-order valence-corrected chi connectivity index (χ0v) is 11.8. The smallest absolute Gasteiger partial charge is 0.326 e. The fraction of sp³-hybridized carbons (Fsp3) is 0.538. The summed E-state index contributed by atoms with van der Waals surface area (Å²) in [5.41, 5.74) is -0.762. The third kappa shape index (κ3) is 6.17. The third-order valence-corrected chi connectivity index (χ3v) is 2.61. The summed E-state index contributed by atoms with van der Waals surface area (Å²) in [5, 5.41) is 10.6. The molecule has 0 radical (unpaired) electrons. The molecule has 1 aromatic heterocycles. The molecule has 0 N–H and O–H groups in total. The molecule has 0 atom stereocenters. The number of nitrogens with zero attached hydrogens (tertiary/aromatic N) is 2. The van der Waals surface area contributed by atoms with Crippen LogP contribution >= 0.6 is 0 Å². The molecule has 0 saturated carbocycles. The van der Waals surface area contributed by atoms with Gasteiger partial charge in [-0.3, -0.25) is 24.3 Å². The number of nitro groups is 1. The Morgan fingerprint density at radius 3 is 2.76 bits per heavy atom. The van der Waals surface area contributed by atoms with E-state index in [1.54, 1.807) is 0 Å². The number of pyridine rings is 1. The van der Waals surface area contributed by atoms with Crippen molar-refractivity contribution in [1.29, 1.82) is 0 Å². The van der Waals surface area contributed by atoms with Crippen molar-refractivity contribution in [1.82, 2.24) is 4.57 Å². The van der Waals surface area contributed by atoms with E-state index in [1.807, 2.05) is 6.92 Å². The van der Waals surface area contributed by atoms with Crippen LogP contribution in [0.4, 0.5) is 5.69 Å². The van der Waals surface area contributed by atoms with Crippen LogP contribution in [-0.4, -0.2) is 35.3 Å². The van der Waals surface area contributed by atoms with Crippen LogP contribution < -0.4 is 5.56 Å². The van der Waals surface area contributed by atoms with Crippen molar-refractivity contribution in [3.05, 3.63) is 38.8 Å². The van der Waals surface area contributed by atoms with E-state index in [0.717, 1.165) is 35.7 Å². The van der Waals surface area contributed by atoms with Crippen LogP contribution in [0.25, 0.3) is 0 Å². The van der Waals surface area contributed by atoms with E-state index in [2.05, 4.69) is 0 Å². The second kappa shape index (κ2) is 8.85. The molecule has 0 aliphatic rings. The molecule has 0 spiro atoms. The molecule has 8 nitrogen and oxygen atoms in total. The minimum absolute atomic E-state index is 0.0895. The van der Waals surface area contributed by atoms with Gasteiger partial charge < -0.3 is 9.47 Å². The van der Waals surface area contributed by atoms with E-state index >= 15 is 0 Å². The number of carbonyl (C=O) groups excluding carboxylic acids is 1. The Morgan fingerprint density at radius 1 is 1.33 bits per heavy atom. The summed E-state index contributed by atoms with van der Waals surface area (Å²) in [6.07, 6.45) is 2.98. The van der Waals surface area contributed by atoms with Crippen LogP contribution in [0.1, 0.15) is 19.8 Å².